The van der Waals surface area contributed by atoms with Crippen LogP contribution in [0, 0.1) is 18.8 Å². The molecule has 21 heavy (non-hydrogen) atoms. The summed E-state index contributed by atoms with van der Waals surface area (Å²) in [5, 5.41) is 3.72. The molecule has 1 aromatic carbocycles. The molecule has 118 valence electrons. The largest absolute Gasteiger partial charge is 0.371 e. The third-order valence-electron chi connectivity index (χ3n) is 4.95. The lowest BCUT2D eigenvalue weighted by Gasteiger charge is -2.39. The van der Waals surface area contributed by atoms with E-state index in [2.05, 4.69) is 62.2 Å². The fourth-order valence-corrected chi connectivity index (χ4v) is 3.69. The minimum atomic E-state index is 0.700. The predicted octanol–water partition coefficient (Wildman–Crippen LogP) is 4.24. The van der Waals surface area contributed by atoms with Gasteiger partial charge in [0.1, 0.15) is 0 Å². The van der Waals surface area contributed by atoms with Gasteiger partial charge in [0.25, 0.3) is 0 Å². The summed E-state index contributed by atoms with van der Waals surface area (Å²) in [4.78, 5) is 2.55. The molecule has 1 N–H and O–H groups in total. The van der Waals surface area contributed by atoms with Crippen LogP contribution in [0.2, 0.25) is 0 Å². The number of benzene rings is 1. The third kappa shape index (κ3) is 4.47. The van der Waals surface area contributed by atoms with Gasteiger partial charge in [-0.05, 0) is 63.6 Å². The van der Waals surface area contributed by atoms with Crippen molar-refractivity contribution in [2.24, 2.45) is 11.8 Å². The van der Waals surface area contributed by atoms with Gasteiger partial charge in [0.05, 0.1) is 0 Å². The van der Waals surface area contributed by atoms with Crippen LogP contribution in [-0.2, 0) is 0 Å². The first-order chi connectivity index (χ1) is 10.1. The number of anilines is 1. The zero-order valence-corrected chi connectivity index (χ0v) is 14.2. The molecule has 1 aliphatic carbocycles. The van der Waals surface area contributed by atoms with E-state index in [1.807, 2.05) is 0 Å². The Labute approximate surface area is 130 Å². The zero-order valence-electron chi connectivity index (χ0n) is 14.2. The molecular weight excluding hydrogens is 256 g/mol. The van der Waals surface area contributed by atoms with Gasteiger partial charge < -0.3 is 10.2 Å². The SMILES string of the molecule is CCNC1CCC(C)CC1CN(CC)c1ccc(C)cc1. The van der Waals surface area contributed by atoms with E-state index in [1.165, 1.54) is 37.1 Å². The molecule has 0 saturated heterocycles. The van der Waals surface area contributed by atoms with Crippen molar-refractivity contribution in [3.63, 3.8) is 0 Å². The van der Waals surface area contributed by atoms with Crippen molar-refractivity contribution < 1.29 is 0 Å². The lowest BCUT2D eigenvalue weighted by atomic mass is 9.78. The Morgan fingerprint density at radius 3 is 2.48 bits per heavy atom. The number of nitrogens with one attached hydrogen (secondary N) is 1. The van der Waals surface area contributed by atoms with E-state index < -0.39 is 0 Å². The summed E-state index contributed by atoms with van der Waals surface area (Å²) >= 11 is 0. The summed E-state index contributed by atoms with van der Waals surface area (Å²) in [5.41, 5.74) is 2.71. The Balaban J connectivity index is 2.05. The molecule has 1 aliphatic rings. The van der Waals surface area contributed by atoms with Crippen molar-refractivity contribution in [1.29, 1.82) is 0 Å². The Morgan fingerprint density at radius 1 is 1.14 bits per heavy atom. The second-order valence-electron chi connectivity index (χ2n) is 6.72. The summed E-state index contributed by atoms with van der Waals surface area (Å²) in [6.07, 6.45) is 4.08. The van der Waals surface area contributed by atoms with E-state index in [0.717, 1.165) is 24.9 Å². The lowest BCUT2D eigenvalue weighted by Crippen LogP contribution is -2.45. The van der Waals surface area contributed by atoms with Crippen molar-refractivity contribution in [1.82, 2.24) is 5.32 Å². The van der Waals surface area contributed by atoms with Crippen LogP contribution in [-0.4, -0.2) is 25.7 Å². The van der Waals surface area contributed by atoms with E-state index in [-0.39, 0.29) is 0 Å². The first kappa shape index (κ1) is 16.4. The monoisotopic (exact) mass is 288 g/mol. The van der Waals surface area contributed by atoms with Crippen LogP contribution in [0.3, 0.4) is 0 Å². The van der Waals surface area contributed by atoms with E-state index in [0.29, 0.717) is 6.04 Å². The molecule has 0 aliphatic heterocycles. The van der Waals surface area contributed by atoms with Crippen LogP contribution < -0.4 is 10.2 Å². The van der Waals surface area contributed by atoms with Gasteiger partial charge in [-0.3, -0.25) is 0 Å². The Bertz CT molecular complexity index is 412. The summed E-state index contributed by atoms with van der Waals surface area (Å²) in [6.45, 7) is 12.4. The minimum absolute atomic E-state index is 0.700. The molecule has 3 atom stereocenters. The highest BCUT2D eigenvalue weighted by Gasteiger charge is 2.29. The maximum atomic E-state index is 3.72. The molecule has 3 unspecified atom stereocenters. The molecule has 2 heteroatoms. The number of hydrogen-bond acceptors (Lipinski definition) is 2. The Morgan fingerprint density at radius 2 is 1.86 bits per heavy atom. The van der Waals surface area contributed by atoms with Gasteiger partial charge in [0.15, 0.2) is 0 Å². The van der Waals surface area contributed by atoms with Crippen molar-refractivity contribution in [3.8, 4) is 0 Å². The van der Waals surface area contributed by atoms with E-state index in [4.69, 9.17) is 0 Å². The molecule has 0 bridgehead atoms. The highest BCUT2D eigenvalue weighted by atomic mass is 15.1. The quantitative estimate of drug-likeness (QED) is 0.842. The maximum Gasteiger partial charge on any atom is 0.0366 e. The summed E-state index contributed by atoms with van der Waals surface area (Å²) in [5.74, 6) is 1.65. The average Bonchev–Trinajstić information content (AvgIpc) is 2.48. The fourth-order valence-electron chi connectivity index (χ4n) is 3.69. The Kier molecular flexibility index (Phi) is 6.10. The normalized spacial score (nSPS) is 25.8. The molecule has 1 aromatic rings. The molecule has 0 amide bonds. The lowest BCUT2D eigenvalue weighted by molar-refractivity contribution is 0.218. The smallest absolute Gasteiger partial charge is 0.0366 e. The molecule has 0 radical (unpaired) electrons. The third-order valence-corrected chi connectivity index (χ3v) is 4.95. The van der Waals surface area contributed by atoms with E-state index >= 15 is 0 Å². The first-order valence-electron chi connectivity index (χ1n) is 8.69. The van der Waals surface area contributed by atoms with Gasteiger partial charge in [-0.2, -0.15) is 0 Å². The van der Waals surface area contributed by atoms with Crippen LogP contribution in [0.5, 0.6) is 0 Å². The minimum Gasteiger partial charge on any atom is -0.371 e. The standard InChI is InChI=1S/C19H32N2/c1-5-20-19-12-9-16(4)13-17(19)14-21(6-2)18-10-7-15(3)8-11-18/h7-8,10-11,16-17,19-20H,5-6,9,12-14H2,1-4H3. The van der Waals surface area contributed by atoms with Crippen LogP contribution in [0.1, 0.15) is 45.6 Å². The van der Waals surface area contributed by atoms with Crippen LogP contribution >= 0.6 is 0 Å². The van der Waals surface area contributed by atoms with Crippen molar-refractivity contribution in [3.05, 3.63) is 29.8 Å². The highest BCUT2D eigenvalue weighted by molar-refractivity contribution is 5.47. The van der Waals surface area contributed by atoms with Crippen LogP contribution in [0.25, 0.3) is 0 Å². The van der Waals surface area contributed by atoms with Gasteiger partial charge in [0, 0.05) is 24.8 Å². The Hall–Kier alpha value is -1.02. The second-order valence-corrected chi connectivity index (χ2v) is 6.72. The summed E-state index contributed by atoms with van der Waals surface area (Å²) < 4.78 is 0. The molecule has 0 aromatic heterocycles. The topological polar surface area (TPSA) is 15.3 Å². The van der Waals surface area contributed by atoms with Crippen molar-refractivity contribution >= 4 is 5.69 Å². The number of nitrogens with zero attached hydrogens (tertiary/aromatic N) is 1. The molecule has 0 heterocycles. The molecule has 2 nitrogen and oxygen atoms in total. The number of hydrogen-bond donors (Lipinski definition) is 1. The summed E-state index contributed by atoms with van der Waals surface area (Å²) in [6, 6.07) is 9.69. The average molecular weight is 288 g/mol. The van der Waals surface area contributed by atoms with Crippen LogP contribution in [0.4, 0.5) is 5.69 Å². The van der Waals surface area contributed by atoms with Gasteiger partial charge in [0.2, 0.25) is 0 Å². The number of aryl methyl sites for hydroxylation is 1. The molecule has 1 saturated carbocycles. The van der Waals surface area contributed by atoms with Gasteiger partial charge >= 0.3 is 0 Å². The van der Waals surface area contributed by atoms with E-state index in [9.17, 15) is 0 Å². The summed E-state index contributed by atoms with van der Waals surface area (Å²) in [7, 11) is 0. The highest BCUT2D eigenvalue weighted by Crippen LogP contribution is 2.31. The van der Waals surface area contributed by atoms with Gasteiger partial charge in [-0.25, -0.2) is 0 Å². The predicted molar refractivity (Wildman–Crippen MR) is 93.0 cm³/mol. The van der Waals surface area contributed by atoms with Gasteiger partial charge in [-0.1, -0.05) is 31.5 Å². The van der Waals surface area contributed by atoms with E-state index in [1.54, 1.807) is 0 Å². The number of rotatable bonds is 6. The molecule has 1 fully saturated rings. The van der Waals surface area contributed by atoms with Crippen molar-refractivity contribution in [2.45, 2.75) is 53.0 Å². The van der Waals surface area contributed by atoms with Gasteiger partial charge in [-0.15, -0.1) is 0 Å². The molecule has 2 rings (SSSR count). The second kappa shape index (κ2) is 7.84. The van der Waals surface area contributed by atoms with Crippen LogP contribution in [0.15, 0.2) is 24.3 Å². The molecule has 0 spiro atoms. The zero-order chi connectivity index (χ0) is 15.2. The maximum absolute atomic E-state index is 3.72. The van der Waals surface area contributed by atoms with Crippen molar-refractivity contribution in [2.75, 3.05) is 24.5 Å². The first-order valence-corrected chi connectivity index (χ1v) is 8.69. The molecular formula is C19H32N2. The fraction of sp³-hybridized carbons (Fsp3) is 0.684.